The summed E-state index contributed by atoms with van der Waals surface area (Å²) in [6.07, 6.45) is 1.77. The molecule has 0 amide bonds. The standard InChI is InChI=1S/C26H23ClN2O4/c1-28(2)18-11-9-16(24(15-18)32-3)13-23-25(30)19-12-10-17(27)14-22(19)29(23)21-8-6-5-7-20(21)26(31)33-4/h5-15H,1-4H3/b23-13-. The maximum atomic E-state index is 13.5. The second-order valence-corrected chi connectivity index (χ2v) is 8.12. The van der Waals surface area contributed by atoms with Crippen molar-refractivity contribution in [3.8, 4) is 5.75 Å². The van der Waals surface area contributed by atoms with Crippen molar-refractivity contribution in [1.29, 1.82) is 0 Å². The number of para-hydroxylation sites is 1. The van der Waals surface area contributed by atoms with Gasteiger partial charge in [0.15, 0.2) is 0 Å². The van der Waals surface area contributed by atoms with E-state index < -0.39 is 5.97 Å². The van der Waals surface area contributed by atoms with E-state index in [1.54, 1.807) is 60.6 Å². The average molecular weight is 463 g/mol. The fourth-order valence-corrected chi connectivity index (χ4v) is 4.00. The summed E-state index contributed by atoms with van der Waals surface area (Å²) in [5.74, 6) is -0.0578. The quantitative estimate of drug-likeness (QED) is 0.364. The van der Waals surface area contributed by atoms with Gasteiger partial charge in [0.05, 0.1) is 36.9 Å². The van der Waals surface area contributed by atoms with Gasteiger partial charge in [0.1, 0.15) is 5.75 Å². The van der Waals surface area contributed by atoms with Gasteiger partial charge in [-0.2, -0.15) is 0 Å². The maximum Gasteiger partial charge on any atom is 0.339 e. The van der Waals surface area contributed by atoms with E-state index in [1.807, 2.05) is 37.2 Å². The van der Waals surface area contributed by atoms with Gasteiger partial charge in [0.25, 0.3) is 0 Å². The molecule has 0 spiro atoms. The summed E-state index contributed by atoms with van der Waals surface area (Å²) in [6.45, 7) is 0. The van der Waals surface area contributed by atoms with Crippen LogP contribution in [-0.4, -0.2) is 40.1 Å². The van der Waals surface area contributed by atoms with Crippen LogP contribution in [-0.2, 0) is 4.74 Å². The highest BCUT2D eigenvalue weighted by atomic mass is 35.5. The van der Waals surface area contributed by atoms with E-state index in [9.17, 15) is 9.59 Å². The molecule has 168 valence electrons. The van der Waals surface area contributed by atoms with Gasteiger partial charge in [0, 0.05) is 42.0 Å². The lowest BCUT2D eigenvalue weighted by Crippen LogP contribution is -2.18. The van der Waals surface area contributed by atoms with Crippen LogP contribution in [0.2, 0.25) is 5.02 Å². The van der Waals surface area contributed by atoms with Crippen LogP contribution < -0.4 is 14.5 Å². The number of hydrogen-bond donors (Lipinski definition) is 0. The molecule has 0 radical (unpaired) electrons. The monoisotopic (exact) mass is 462 g/mol. The Morgan fingerprint density at radius 2 is 1.76 bits per heavy atom. The molecule has 0 fully saturated rings. The Bertz CT molecular complexity index is 1280. The van der Waals surface area contributed by atoms with Crippen molar-refractivity contribution in [3.05, 3.63) is 88.1 Å². The Morgan fingerprint density at radius 1 is 1.00 bits per heavy atom. The van der Waals surface area contributed by atoms with Gasteiger partial charge in [-0.3, -0.25) is 4.79 Å². The van der Waals surface area contributed by atoms with Crippen molar-refractivity contribution in [1.82, 2.24) is 0 Å². The number of Topliss-reactive ketones (excluding diaryl/α,β-unsaturated/α-hetero) is 1. The molecule has 0 aliphatic carbocycles. The van der Waals surface area contributed by atoms with Crippen molar-refractivity contribution < 1.29 is 19.1 Å². The maximum absolute atomic E-state index is 13.5. The third-order valence-electron chi connectivity index (χ3n) is 5.49. The van der Waals surface area contributed by atoms with Crippen LogP contribution in [0.1, 0.15) is 26.3 Å². The zero-order valence-electron chi connectivity index (χ0n) is 18.8. The lowest BCUT2D eigenvalue weighted by atomic mass is 10.1. The molecular weight excluding hydrogens is 440 g/mol. The van der Waals surface area contributed by atoms with E-state index in [1.165, 1.54) is 7.11 Å². The van der Waals surface area contributed by atoms with E-state index in [2.05, 4.69) is 0 Å². The summed E-state index contributed by atoms with van der Waals surface area (Å²) >= 11 is 6.28. The van der Waals surface area contributed by atoms with Gasteiger partial charge >= 0.3 is 5.97 Å². The van der Waals surface area contributed by atoms with E-state index in [0.717, 1.165) is 11.3 Å². The van der Waals surface area contributed by atoms with Crippen LogP contribution >= 0.6 is 11.6 Å². The molecule has 1 aliphatic rings. The number of carbonyl (C=O) groups excluding carboxylic acids is 2. The highest BCUT2D eigenvalue weighted by Gasteiger charge is 2.35. The minimum atomic E-state index is -0.499. The number of allylic oxidation sites excluding steroid dienone is 1. The molecule has 33 heavy (non-hydrogen) atoms. The van der Waals surface area contributed by atoms with Crippen LogP contribution in [0.4, 0.5) is 17.1 Å². The van der Waals surface area contributed by atoms with Crippen LogP contribution in [0.25, 0.3) is 6.08 Å². The molecule has 0 saturated heterocycles. The van der Waals surface area contributed by atoms with Crippen LogP contribution in [0.3, 0.4) is 0 Å². The average Bonchev–Trinajstić information content (AvgIpc) is 3.09. The summed E-state index contributed by atoms with van der Waals surface area (Å²) in [6, 6.07) is 17.8. The molecule has 1 heterocycles. The molecule has 7 heteroatoms. The normalized spacial score (nSPS) is 13.8. The molecule has 0 aromatic heterocycles. The molecule has 3 aromatic carbocycles. The van der Waals surface area contributed by atoms with Crippen molar-refractivity contribution in [2.75, 3.05) is 38.1 Å². The van der Waals surface area contributed by atoms with E-state index >= 15 is 0 Å². The predicted molar refractivity (Wildman–Crippen MR) is 131 cm³/mol. The number of nitrogens with zero attached hydrogens (tertiary/aromatic N) is 2. The van der Waals surface area contributed by atoms with Crippen molar-refractivity contribution in [2.24, 2.45) is 0 Å². The lowest BCUT2D eigenvalue weighted by molar-refractivity contribution is 0.0601. The second kappa shape index (κ2) is 9.00. The van der Waals surface area contributed by atoms with Crippen LogP contribution in [0.15, 0.2) is 66.4 Å². The molecular formula is C26H23ClN2O4. The number of fused-ring (bicyclic) bond motifs is 1. The Kier molecular flexibility index (Phi) is 6.11. The molecule has 1 aliphatic heterocycles. The first-order valence-corrected chi connectivity index (χ1v) is 10.6. The molecule has 0 unspecified atom stereocenters. The first-order chi connectivity index (χ1) is 15.8. The molecule has 4 rings (SSSR count). The van der Waals surface area contributed by atoms with Gasteiger partial charge < -0.3 is 19.3 Å². The molecule has 3 aromatic rings. The third kappa shape index (κ3) is 4.05. The number of halogens is 1. The number of carbonyl (C=O) groups is 2. The van der Waals surface area contributed by atoms with Gasteiger partial charge in [-0.25, -0.2) is 4.79 Å². The smallest absolute Gasteiger partial charge is 0.339 e. The molecule has 0 N–H and O–H groups in total. The number of benzene rings is 3. The number of hydrogen-bond acceptors (Lipinski definition) is 6. The second-order valence-electron chi connectivity index (χ2n) is 7.68. The number of ether oxygens (including phenoxy) is 2. The minimum Gasteiger partial charge on any atom is -0.496 e. The zero-order valence-corrected chi connectivity index (χ0v) is 19.5. The number of rotatable bonds is 5. The first-order valence-electron chi connectivity index (χ1n) is 10.2. The van der Waals surface area contributed by atoms with Crippen molar-refractivity contribution >= 4 is 46.5 Å². The van der Waals surface area contributed by atoms with Crippen LogP contribution in [0.5, 0.6) is 5.75 Å². The number of methoxy groups -OCH3 is 2. The topological polar surface area (TPSA) is 59.1 Å². The predicted octanol–water partition coefficient (Wildman–Crippen LogP) is 5.58. The Morgan fingerprint density at radius 3 is 2.45 bits per heavy atom. The summed E-state index contributed by atoms with van der Waals surface area (Å²) in [7, 11) is 6.80. The highest BCUT2D eigenvalue weighted by molar-refractivity contribution is 6.32. The van der Waals surface area contributed by atoms with Crippen LogP contribution in [0, 0.1) is 0 Å². The summed E-state index contributed by atoms with van der Waals surface area (Å²) in [5.41, 5.74) is 4.02. The highest BCUT2D eigenvalue weighted by Crippen LogP contribution is 2.44. The Balaban J connectivity index is 1.95. The van der Waals surface area contributed by atoms with Crippen molar-refractivity contribution in [3.63, 3.8) is 0 Å². The minimum absolute atomic E-state index is 0.180. The molecule has 0 atom stereocenters. The number of esters is 1. The zero-order chi connectivity index (χ0) is 23.7. The number of anilines is 3. The van der Waals surface area contributed by atoms with Gasteiger partial charge in [-0.05, 0) is 48.5 Å². The lowest BCUT2D eigenvalue weighted by Gasteiger charge is -2.23. The first kappa shape index (κ1) is 22.4. The summed E-state index contributed by atoms with van der Waals surface area (Å²) < 4.78 is 10.6. The van der Waals surface area contributed by atoms with Crippen molar-refractivity contribution in [2.45, 2.75) is 0 Å². The Labute approximate surface area is 197 Å². The summed E-state index contributed by atoms with van der Waals surface area (Å²) in [4.78, 5) is 29.7. The fraction of sp³-hybridized carbons (Fsp3) is 0.154. The fourth-order valence-electron chi connectivity index (χ4n) is 3.84. The molecule has 0 saturated carbocycles. The molecule has 6 nitrogen and oxygen atoms in total. The van der Waals surface area contributed by atoms with Gasteiger partial charge in [-0.1, -0.05) is 23.7 Å². The Hall–Kier alpha value is -3.77. The van der Waals surface area contributed by atoms with E-state index in [0.29, 0.717) is 39.0 Å². The van der Waals surface area contributed by atoms with Gasteiger partial charge in [-0.15, -0.1) is 0 Å². The number of ketones is 1. The van der Waals surface area contributed by atoms with E-state index in [-0.39, 0.29) is 5.78 Å². The summed E-state index contributed by atoms with van der Waals surface area (Å²) in [5, 5.41) is 0.483. The molecule has 0 bridgehead atoms. The SMILES string of the molecule is COC(=O)c1ccccc1N1/C(=C\c2ccc(N(C)C)cc2OC)C(=O)c2ccc(Cl)cc21. The largest absolute Gasteiger partial charge is 0.496 e. The van der Waals surface area contributed by atoms with E-state index in [4.69, 9.17) is 21.1 Å². The third-order valence-corrected chi connectivity index (χ3v) is 5.73. The van der Waals surface area contributed by atoms with Gasteiger partial charge in [0.2, 0.25) is 5.78 Å².